The normalized spacial score (nSPS) is 28.4. The number of rotatable bonds is 2. The van der Waals surface area contributed by atoms with Crippen molar-refractivity contribution < 1.29 is 9.90 Å². The average molecular weight is 277 g/mol. The fourth-order valence-electron chi connectivity index (χ4n) is 3.58. The van der Waals surface area contributed by atoms with E-state index in [1.807, 2.05) is 24.9 Å². The molecular weight excluding hydrogens is 254 g/mol. The molecule has 0 radical (unpaired) electrons. The van der Waals surface area contributed by atoms with Gasteiger partial charge in [0, 0.05) is 31.2 Å². The number of aromatic nitrogens is 2. The van der Waals surface area contributed by atoms with Gasteiger partial charge in [-0.15, -0.1) is 0 Å². The zero-order valence-electron chi connectivity index (χ0n) is 12.3. The highest BCUT2D eigenvalue weighted by atomic mass is 16.3. The Morgan fingerprint density at radius 2 is 2.05 bits per heavy atom. The van der Waals surface area contributed by atoms with Gasteiger partial charge in [-0.1, -0.05) is 0 Å². The van der Waals surface area contributed by atoms with Gasteiger partial charge in [0.15, 0.2) is 0 Å². The molecule has 2 heterocycles. The summed E-state index contributed by atoms with van der Waals surface area (Å²) in [5, 5.41) is 14.6. The van der Waals surface area contributed by atoms with Crippen LogP contribution in [0.5, 0.6) is 0 Å². The molecule has 1 N–H and O–H groups in total. The summed E-state index contributed by atoms with van der Waals surface area (Å²) in [7, 11) is 0. The van der Waals surface area contributed by atoms with Crippen molar-refractivity contribution in [2.45, 2.75) is 51.7 Å². The Labute approximate surface area is 119 Å². The number of aryl methyl sites for hydroxylation is 1. The highest BCUT2D eigenvalue weighted by molar-refractivity contribution is 5.92. The molecule has 2 fully saturated rings. The number of carbonyl (C=O) groups is 1. The third kappa shape index (κ3) is 1.95. The first-order valence-corrected chi connectivity index (χ1v) is 7.53. The SMILES string of the molecule is CCn1ccc(C(=O)N2CCC3(CC2)CCC3(C)O)n1. The zero-order chi connectivity index (χ0) is 14.4. The molecule has 1 saturated heterocycles. The summed E-state index contributed by atoms with van der Waals surface area (Å²) in [5.74, 6) is 0.0195. The smallest absolute Gasteiger partial charge is 0.274 e. The Morgan fingerprint density at radius 1 is 1.35 bits per heavy atom. The van der Waals surface area contributed by atoms with E-state index in [-0.39, 0.29) is 11.3 Å². The van der Waals surface area contributed by atoms with Crippen LogP contribution in [-0.4, -0.2) is 44.4 Å². The molecule has 5 heteroatoms. The highest BCUT2D eigenvalue weighted by Gasteiger charge is 2.55. The number of hydrogen-bond donors (Lipinski definition) is 1. The first kappa shape index (κ1) is 13.6. The van der Waals surface area contributed by atoms with Crippen molar-refractivity contribution in [3.63, 3.8) is 0 Å². The lowest BCUT2D eigenvalue weighted by molar-refractivity contribution is -0.174. The maximum atomic E-state index is 12.4. The number of hydrogen-bond acceptors (Lipinski definition) is 3. The van der Waals surface area contributed by atoms with Gasteiger partial charge in [0.25, 0.3) is 5.91 Å². The van der Waals surface area contributed by atoms with Crippen LogP contribution >= 0.6 is 0 Å². The van der Waals surface area contributed by atoms with Gasteiger partial charge >= 0.3 is 0 Å². The molecule has 1 aliphatic carbocycles. The molecular formula is C15H23N3O2. The first-order chi connectivity index (χ1) is 9.47. The Balaban J connectivity index is 1.65. The maximum absolute atomic E-state index is 12.4. The van der Waals surface area contributed by atoms with Crippen molar-refractivity contribution >= 4 is 5.91 Å². The van der Waals surface area contributed by atoms with Gasteiger partial charge in [-0.3, -0.25) is 9.48 Å². The van der Waals surface area contributed by atoms with Crippen LogP contribution in [0.2, 0.25) is 0 Å². The topological polar surface area (TPSA) is 58.4 Å². The fraction of sp³-hybridized carbons (Fsp3) is 0.733. The molecule has 1 aromatic rings. The van der Waals surface area contributed by atoms with Crippen LogP contribution in [0.4, 0.5) is 0 Å². The van der Waals surface area contributed by atoms with E-state index in [0.29, 0.717) is 5.69 Å². The Kier molecular flexibility index (Phi) is 3.12. The van der Waals surface area contributed by atoms with E-state index >= 15 is 0 Å². The van der Waals surface area contributed by atoms with E-state index in [9.17, 15) is 9.90 Å². The predicted molar refractivity (Wildman–Crippen MR) is 75.3 cm³/mol. The molecule has 1 spiro atoms. The number of likely N-dealkylation sites (tertiary alicyclic amines) is 1. The number of carbonyl (C=O) groups excluding carboxylic acids is 1. The number of piperidine rings is 1. The largest absolute Gasteiger partial charge is 0.390 e. The molecule has 1 atom stereocenters. The minimum absolute atomic E-state index is 0.0195. The maximum Gasteiger partial charge on any atom is 0.274 e. The van der Waals surface area contributed by atoms with Crippen molar-refractivity contribution in [1.82, 2.24) is 14.7 Å². The molecule has 0 bridgehead atoms. The summed E-state index contributed by atoms with van der Waals surface area (Å²) in [6, 6.07) is 1.79. The van der Waals surface area contributed by atoms with E-state index in [2.05, 4.69) is 5.10 Å². The second-order valence-corrected chi connectivity index (χ2v) is 6.40. The van der Waals surface area contributed by atoms with E-state index < -0.39 is 5.60 Å². The van der Waals surface area contributed by atoms with Gasteiger partial charge < -0.3 is 10.0 Å². The van der Waals surface area contributed by atoms with Crippen LogP contribution in [0.15, 0.2) is 12.3 Å². The molecule has 2 aliphatic rings. The molecule has 0 aromatic carbocycles. The van der Waals surface area contributed by atoms with Gasteiger partial charge in [-0.2, -0.15) is 5.10 Å². The minimum atomic E-state index is -0.536. The van der Waals surface area contributed by atoms with E-state index in [1.165, 1.54) is 0 Å². The number of amides is 1. The lowest BCUT2D eigenvalue weighted by Gasteiger charge is -2.58. The summed E-state index contributed by atoms with van der Waals surface area (Å²) >= 11 is 0. The second kappa shape index (κ2) is 4.58. The van der Waals surface area contributed by atoms with Gasteiger partial charge in [-0.25, -0.2) is 0 Å². The average Bonchev–Trinajstić information content (AvgIpc) is 2.94. The molecule has 20 heavy (non-hydrogen) atoms. The first-order valence-electron chi connectivity index (χ1n) is 7.53. The van der Waals surface area contributed by atoms with Gasteiger partial charge in [0.2, 0.25) is 0 Å². The van der Waals surface area contributed by atoms with Crippen molar-refractivity contribution in [1.29, 1.82) is 0 Å². The Hall–Kier alpha value is -1.36. The Morgan fingerprint density at radius 3 is 2.50 bits per heavy atom. The van der Waals surface area contributed by atoms with E-state index in [1.54, 1.807) is 10.7 Å². The lowest BCUT2D eigenvalue weighted by atomic mass is 9.53. The summed E-state index contributed by atoms with van der Waals surface area (Å²) in [6.45, 7) is 6.18. The fourth-order valence-corrected chi connectivity index (χ4v) is 3.58. The van der Waals surface area contributed by atoms with Crippen LogP contribution in [0.3, 0.4) is 0 Å². The molecule has 1 aromatic heterocycles. The lowest BCUT2D eigenvalue weighted by Crippen LogP contribution is -2.60. The number of nitrogens with zero attached hydrogens (tertiary/aromatic N) is 3. The van der Waals surface area contributed by atoms with Gasteiger partial charge in [-0.05, 0) is 45.6 Å². The standard InChI is InChI=1S/C15H23N3O2/c1-3-18-9-4-12(16-18)13(19)17-10-7-15(8-11-17)6-5-14(15,2)20/h4,9,20H,3,5-8,10-11H2,1-2H3. The summed E-state index contributed by atoms with van der Waals surface area (Å²) < 4.78 is 1.77. The summed E-state index contributed by atoms with van der Waals surface area (Å²) in [5.41, 5.74) is 0.0431. The minimum Gasteiger partial charge on any atom is -0.390 e. The van der Waals surface area contributed by atoms with Crippen molar-refractivity contribution in [3.05, 3.63) is 18.0 Å². The quantitative estimate of drug-likeness (QED) is 0.894. The zero-order valence-corrected chi connectivity index (χ0v) is 12.3. The third-order valence-corrected chi connectivity index (χ3v) is 5.42. The summed E-state index contributed by atoms with van der Waals surface area (Å²) in [6.07, 6.45) is 5.63. The predicted octanol–water partition coefficient (Wildman–Crippen LogP) is 1.67. The molecule has 5 nitrogen and oxygen atoms in total. The molecule has 110 valence electrons. The van der Waals surface area contributed by atoms with Crippen LogP contribution < -0.4 is 0 Å². The molecule has 1 unspecified atom stereocenters. The van der Waals surface area contributed by atoms with Crippen molar-refractivity contribution in [2.75, 3.05) is 13.1 Å². The monoisotopic (exact) mass is 277 g/mol. The van der Waals surface area contributed by atoms with Gasteiger partial charge in [0.1, 0.15) is 5.69 Å². The van der Waals surface area contributed by atoms with E-state index in [0.717, 1.165) is 45.3 Å². The molecule has 1 aliphatic heterocycles. The van der Waals surface area contributed by atoms with Gasteiger partial charge in [0.05, 0.1) is 5.60 Å². The van der Waals surface area contributed by atoms with Crippen LogP contribution in [-0.2, 0) is 6.54 Å². The van der Waals surface area contributed by atoms with Crippen LogP contribution in [0, 0.1) is 5.41 Å². The van der Waals surface area contributed by atoms with E-state index in [4.69, 9.17) is 0 Å². The molecule has 1 saturated carbocycles. The number of aliphatic hydroxyl groups is 1. The summed E-state index contributed by atoms with van der Waals surface area (Å²) in [4.78, 5) is 14.3. The molecule has 1 amide bonds. The van der Waals surface area contributed by atoms with Crippen LogP contribution in [0.25, 0.3) is 0 Å². The molecule has 3 rings (SSSR count). The Bertz CT molecular complexity index is 513. The van der Waals surface area contributed by atoms with Crippen LogP contribution in [0.1, 0.15) is 50.0 Å². The third-order valence-electron chi connectivity index (χ3n) is 5.42. The highest BCUT2D eigenvalue weighted by Crippen LogP contribution is 2.56. The van der Waals surface area contributed by atoms with Crippen molar-refractivity contribution in [3.8, 4) is 0 Å². The van der Waals surface area contributed by atoms with Crippen molar-refractivity contribution in [2.24, 2.45) is 5.41 Å². The second-order valence-electron chi connectivity index (χ2n) is 6.40.